The fourth-order valence-corrected chi connectivity index (χ4v) is 0. The standard InChI is InChI=1S/C2H5ClO2.Na/c3-2(5)1-4;/h2,4-5H,1H2;. The Morgan fingerprint density at radius 1 is 1.67 bits per heavy atom. The van der Waals surface area contributed by atoms with Crippen LogP contribution >= 0.6 is 11.6 Å². The van der Waals surface area contributed by atoms with Crippen molar-refractivity contribution in [3.05, 3.63) is 0 Å². The topological polar surface area (TPSA) is 40.5 Å². The molecule has 2 nitrogen and oxygen atoms in total. The van der Waals surface area contributed by atoms with Crippen LogP contribution in [-0.4, -0.2) is 51.9 Å². The zero-order valence-corrected chi connectivity index (χ0v) is 6.31. The molecule has 6 heavy (non-hydrogen) atoms. The van der Waals surface area contributed by atoms with Gasteiger partial charge in [-0.25, -0.2) is 0 Å². The summed E-state index contributed by atoms with van der Waals surface area (Å²) in [4.78, 5) is 0. The van der Waals surface area contributed by atoms with Gasteiger partial charge in [0.1, 0.15) is 0 Å². The van der Waals surface area contributed by atoms with Crippen molar-refractivity contribution in [1.29, 1.82) is 0 Å². The van der Waals surface area contributed by atoms with Crippen molar-refractivity contribution in [3.63, 3.8) is 0 Å². The summed E-state index contributed by atoms with van der Waals surface area (Å²) >= 11 is 4.77. The van der Waals surface area contributed by atoms with Gasteiger partial charge in [0.25, 0.3) is 0 Å². The quantitative estimate of drug-likeness (QED) is 0.349. The third kappa shape index (κ3) is 8.96. The summed E-state index contributed by atoms with van der Waals surface area (Å²) in [6, 6.07) is 0. The zero-order valence-electron chi connectivity index (χ0n) is 3.56. The second-order valence-electron chi connectivity index (χ2n) is 0.617. The Hall–Kier alpha value is 1.21. The number of alkyl halides is 1. The monoisotopic (exact) mass is 119 g/mol. The molecule has 0 aliphatic heterocycles. The van der Waals surface area contributed by atoms with E-state index in [1.807, 2.05) is 0 Å². The average Bonchev–Trinajstić information content (AvgIpc) is 1.38. The molecule has 0 aromatic heterocycles. The molecule has 0 bridgehead atoms. The van der Waals surface area contributed by atoms with Crippen LogP contribution in [0.1, 0.15) is 0 Å². The number of halogens is 1. The Morgan fingerprint density at radius 3 is 1.83 bits per heavy atom. The Bertz CT molecular complexity index is 25.5. The number of aliphatic hydroxyl groups is 2. The molecule has 0 saturated carbocycles. The molecule has 0 aliphatic carbocycles. The largest absolute Gasteiger partial charge is 0.392 e. The van der Waals surface area contributed by atoms with Crippen molar-refractivity contribution in [3.8, 4) is 0 Å². The predicted molar refractivity (Wildman–Crippen MR) is 24.7 cm³/mol. The van der Waals surface area contributed by atoms with Crippen molar-refractivity contribution in [2.24, 2.45) is 0 Å². The minimum Gasteiger partial charge on any atom is -0.392 e. The van der Waals surface area contributed by atoms with Crippen LogP contribution in [0.4, 0.5) is 0 Å². The third-order valence-corrected chi connectivity index (χ3v) is 0.289. The van der Waals surface area contributed by atoms with Crippen LogP contribution in [-0.2, 0) is 0 Å². The van der Waals surface area contributed by atoms with Crippen LogP contribution in [0.15, 0.2) is 0 Å². The predicted octanol–water partition coefficient (Wildman–Crippen LogP) is -0.845. The van der Waals surface area contributed by atoms with Gasteiger partial charge >= 0.3 is 0 Å². The molecular formula is C2H5ClNaO2. The normalized spacial score (nSPS) is 12.5. The molecule has 2 N–H and O–H groups in total. The van der Waals surface area contributed by atoms with Crippen LogP contribution in [0.25, 0.3) is 0 Å². The maximum absolute atomic E-state index is 7.88. The van der Waals surface area contributed by atoms with E-state index in [2.05, 4.69) is 0 Å². The summed E-state index contributed by atoms with van der Waals surface area (Å²) in [5, 5.41) is 15.6. The van der Waals surface area contributed by atoms with Gasteiger partial charge in [-0.05, 0) is 0 Å². The van der Waals surface area contributed by atoms with Crippen molar-refractivity contribution in [2.45, 2.75) is 5.56 Å². The Labute approximate surface area is 63.4 Å². The van der Waals surface area contributed by atoms with Gasteiger partial charge in [-0.2, -0.15) is 0 Å². The van der Waals surface area contributed by atoms with E-state index in [1.54, 1.807) is 0 Å². The van der Waals surface area contributed by atoms with E-state index in [9.17, 15) is 0 Å². The fraction of sp³-hybridized carbons (Fsp3) is 1.00. The molecule has 0 amide bonds. The van der Waals surface area contributed by atoms with Gasteiger partial charge in [-0.3, -0.25) is 0 Å². The Morgan fingerprint density at radius 2 is 1.83 bits per heavy atom. The first-order chi connectivity index (χ1) is 2.27. The minimum absolute atomic E-state index is 0. The van der Waals surface area contributed by atoms with Gasteiger partial charge in [0, 0.05) is 29.6 Å². The minimum atomic E-state index is -1.09. The van der Waals surface area contributed by atoms with E-state index in [0.29, 0.717) is 0 Å². The molecular weight excluding hydrogens is 114 g/mol. The van der Waals surface area contributed by atoms with Gasteiger partial charge in [0.15, 0.2) is 5.56 Å². The molecule has 0 aromatic rings. The SMILES string of the molecule is OCC(O)Cl.[Na]. The maximum Gasteiger partial charge on any atom is 0.150 e. The summed E-state index contributed by atoms with van der Waals surface area (Å²) in [6.45, 7) is -0.373. The molecule has 0 rings (SSSR count). The summed E-state index contributed by atoms with van der Waals surface area (Å²) in [6.07, 6.45) is 0. The first-order valence-electron chi connectivity index (χ1n) is 1.20. The summed E-state index contributed by atoms with van der Waals surface area (Å²) in [5.41, 5.74) is -1.09. The van der Waals surface area contributed by atoms with Crippen LogP contribution in [0, 0.1) is 0 Å². The van der Waals surface area contributed by atoms with E-state index >= 15 is 0 Å². The second kappa shape index (κ2) is 6.21. The van der Waals surface area contributed by atoms with Crippen molar-refractivity contribution in [2.75, 3.05) is 6.61 Å². The third-order valence-electron chi connectivity index (χ3n) is 0.151. The molecule has 33 valence electrons. The summed E-state index contributed by atoms with van der Waals surface area (Å²) < 4.78 is 0. The van der Waals surface area contributed by atoms with Crippen molar-refractivity contribution in [1.82, 2.24) is 0 Å². The summed E-state index contributed by atoms with van der Waals surface area (Å²) in [5.74, 6) is 0. The number of hydrogen-bond acceptors (Lipinski definition) is 2. The maximum atomic E-state index is 7.88. The summed E-state index contributed by atoms with van der Waals surface area (Å²) in [7, 11) is 0. The van der Waals surface area contributed by atoms with E-state index in [0.717, 1.165) is 0 Å². The Kier molecular flexibility index (Phi) is 10.6. The zero-order chi connectivity index (χ0) is 4.28. The van der Waals surface area contributed by atoms with Gasteiger partial charge < -0.3 is 10.2 Å². The van der Waals surface area contributed by atoms with Crippen molar-refractivity contribution < 1.29 is 10.2 Å². The molecule has 0 heterocycles. The van der Waals surface area contributed by atoms with E-state index in [-0.39, 0.29) is 36.2 Å². The van der Waals surface area contributed by atoms with E-state index < -0.39 is 5.56 Å². The van der Waals surface area contributed by atoms with Crippen LogP contribution in [0.3, 0.4) is 0 Å². The van der Waals surface area contributed by atoms with Crippen molar-refractivity contribution >= 4 is 41.2 Å². The molecule has 0 fully saturated rings. The number of hydrogen-bond donors (Lipinski definition) is 2. The van der Waals surface area contributed by atoms with Crippen LogP contribution < -0.4 is 0 Å². The first kappa shape index (κ1) is 10.2. The van der Waals surface area contributed by atoms with E-state index in [1.165, 1.54) is 0 Å². The van der Waals surface area contributed by atoms with Gasteiger partial charge in [-0.1, -0.05) is 11.6 Å². The molecule has 1 atom stereocenters. The number of aliphatic hydroxyl groups excluding tert-OH is 2. The average molecular weight is 120 g/mol. The molecule has 0 spiro atoms. The first-order valence-corrected chi connectivity index (χ1v) is 1.64. The number of rotatable bonds is 1. The molecule has 4 heteroatoms. The van der Waals surface area contributed by atoms with Gasteiger partial charge in [-0.15, -0.1) is 0 Å². The molecule has 0 aromatic carbocycles. The molecule has 0 saturated heterocycles. The second-order valence-corrected chi connectivity index (χ2v) is 1.12. The van der Waals surface area contributed by atoms with Crippen LogP contribution in [0.5, 0.6) is 0 Å². The van der Waals surface area contributed by atoms with E-state index in [4.69, 9.17) is 21.8 Å². The Balaban J connectivity index is 0. The van der Waals surface area contributed by atoms with Gasteiger partial charge in [0.05, 0.1) is 6.61 Å². The van der Waals surface area contributed by atoms with Crippen LogP contribution in [0.2, 0.25) is 0 Å². The fourth-order valence-electron chi connectivity index (χ4n) is 0. The van der Waals surface area contributed by atoms with Gasteiger partial charge in [0.2, 0.25) is 0 Å². The smallest absolute Gasteiger partial charge is 0.150 e. The molecule has 1 unspecified atom stereocenters. The molecule has 1 radical (unpaired) electrons. The molecule has 0 aliphatic rings.